The van der Waals surface area contributed by atoms with Gasteiger partial charge in [-0.15, -0.1) is 11.8 Å². The van der Waals surface area contributed by atoms with E-state index in [1.807, 2.05) is 11.6 Å². The molecule has 0 heterocycles. The van der Waals surface area contributed by atoms with Crippen molar-refractivity contribution in [2.75, 3.05) is 13.4 Å². The number of ether oxygens (including phenoxy) is 2. The Morgan fingerprint density at radius 2 is 1.91 bits per heavy atom. The van der Waals surface area contributed by atoms with Crippen LogP contribution in [0.5, 0.6) is 5.75 Å². The van der Waals surface area contributed by atoms with Gasteiger partial charge >= 0.3 is 12.0 Å². The molecule has 0 fully saturated rings. The highest BCUT2D eigenvalue weighted by Crippen LogP contribution is 2.26. The van der Waals surface area contributed by atoms with Gasteiger partial charge < -0.3 is 15.2 Å². The summed E-state index contributed by atoms with van der Waals surface area (Å²) in [5.74, 6) is -1.47. The Morgan fingerprint density at radius 3 is 2.39 bits per heavy atom. The van der Waals surface area contributed by atoms with Crippen LogP contribution in [-0.2, 0) is 9.53 Å². The maximum atomic E-state index is 12.3. The number of thioether (sulfide) groups is 1. The molecule has 1 atom stereocenters. The number of benzene rings is 1. The molecule has 3 amide bonds. The zero-order valence-corrected chi connectivity index (χ0v) is 14.2. The van der Waals surface area contributed by atoms with Crippen LogP contribution in [0.3, 0.4) is 0 Å². The minimum absolute atomic E-state index is 0.197. The van der Waals surface area contributed by atoms with Gasteiger partial charge in [-0.2, -0.15) is 0 Å². The van der Waals surface area contributed by atoms with E-state index in [0.717, 1.165) is 4.90 Å². The third kappa shape index (κ3) is 5.17. The predicted molar refractivity (Wildman–Crippen MR) is 86.5 cm³/mol. The lowest BCUT2D eigenvalue weighted by molar-refractivity contribution is -0.130. The van der Waals surface area contributed by atoms with Gasteiger partial charge in [0.1, 0.15) is 11.3 Å². The van der Waals surface area contributed by atoms with Crippen molar-refractivity contribution in [3.63, 3.8) is 0 Å². The van der Waals surface area contributed by atoms with Crippen LogP contribution in [0, 0.1) is 5.92 Å². The lowest BCUT2D eigenvalue weighted by Crippen LogP contribution is -2.45. The van der Waals surface area contributed by atoms with Gasteiger partial charge in [0, 0.05) is 4.90 Å². The molecule has 0 radical (unpaired) electrons. The fraction of sp³-hybridized carbons (Fsp3) is 0.400. The van der Waals surface area contributed by atoms with Gasteiger partial charge in [0.2, 0.25) is 0 Å². The van der Waals surface area contributed by atoms with Gasteiger partial charge in [0.05, 0.1) is 7.11 Å². The van der Waals surface area contributed by atoms with Crippen LogP contribution in [0.2, 0.25) is 0 Å². The van der Waals surface area contributed by atoms with E-state index < -0.39 is 24.0 Å². The average molecular weight is 340 g/mol. The quantitative estimate of drug-likeness (QED) is 0.604. The molecule has 0 aliphatic carbocycles. The molecule has 0 aromatic heterocycles. The first-order valence-electron chi connectivity index (χ1n) is 6.83. The minimum Gasteiger partial charge on any atom is -0.496 e. The van der Waals surface area contributed by atoms with Gasteiger partial charge in [-0.1, -0.05) is 13.8 Å². The first kappa shape index (κ1) is 18.8. The molecular formula is C15H20N2O5S. The summed E-state index contributed by atoms with van der Waals surface area (Å²) in [6, 6.07) is 4.02. The van der Waals surface area contributed by atoms with Crippen LogP contribution >= 0.6 is 11.8 Å². The van der Waals surface area contributed by atoms with Gasteiger partial charge in [0.15, 0.2) is 6.10 Å². The van der Waals surface area contributed by atoms with E-state index in [-0.39, 0.29) is 11.5 Å². The van der Waals surface area contributed by atoms with Crippen LogP contribution in [-0.4, -0.2) is 37.4 Å². The summed E-state index contributed by atoms with van der Waals surface area (Å²) in [5.41, 5.74) is 5.11. The molecule has 8 heteroatoms. The summed E-state index contributed by atoms with van der Waals surface area (Å²) < 4.78 is 10.4. The second-order valence-corrected chi connectivity index (χ2v) is 5.87. The second kappa shape index (κ2) is 8.42. The molecule has 1 aromatic rings. The number of carbonyl (C=O) groups excluding carboxylic acids is 3. The molecule has 0 saturated heterocycles. The topological polar surface area (TPSA) is 108 Å². The molecular weight excluding hydrogens is 320 g/mol. The second-order valence-electron chi connectivity index (χ2n) is 4.99. The standard InChI is InChI=1S/C15H20N2O5S/c1-8(2)12(13(18)17-15(16)20)22-14(19)10-6-5-9(23-4)7-11(10)21-3/h5-8,12H,1-4H3,(H3,16,17,18,20)/t12-/m1/s1. The van der Waals surface area contributed by atoms with E-state index in [4.69, 9.17) is 15.2 Å². The molecule has 23 heavy (non-hydrogen) atoms. The molecule has 126 valence electrons. The molecule has 0 saturated carbocycles. The fourth-order valence-corrected chi connectivity index (χ4v) is 2.26. The Balaban J connectivity index is 2.99. The first-order chi connectivity index (χ1) is 10.8. The minimum atomic E-state index is -1.14. The Bertz CT molecular complexity index is 604. The molecule has 1 rings (SSSR count). The summed E-state index contributed by atoms with van der Waals surface area (Å²) in [7, 11) is 1.44. The van der Waals surface area contributed by atoms with E-state index in [0.29, 0.717) is 5.75 Å². The predicted octanol–water partition coefficient (Wildman–Crippen LogP) is 1.79. The first-order valence-corrected chi connectivity index (χ1v) is 8.06. The van der Waals surface area contributed by atoms with E-state index in [9.17, 15) is 14.4 Å². The maximum absolute atomic E-state index is 12.3. The van der Waals surface area contributed by atoms with Crippen LogP contribution < -0.4 is 15.8 Å². The Morgan fingerprint density at radius 1 is 1.26 bits per heavy atom. The van der Waals surface area contributed by atoms with Crippen LogP contribution in [0.1, 0.15) is 24.2 Å². The number of nitrogens with two attached hydrogens (primary N) is 1. The highest BCUT2D eigenvalue weighted by atomic mass is 32.2. The van der Waals surface area contributed by atoms with E-state index in [1.165, 1.54) is 18.9 Å². The van der Waals surface area contributed by atoms with Gasteiger partial charge in [-0.3, -0.25) is 10.1 Å². The van der Waals surface area contributed by atoms with Crippen molar-refractivity contribution in [2.24, 2.45) is 11.7 Å². The fourth-order valence-electron chi connectivity index (χ4n) is 1.83. The van der Waals surface area contributed by atoms with Crippen LogP contribution in [0.4, 0.5) is 4.79 Å². The summed E-state index contributed by atoms with van der Waals surface area (Å²) in [6.07, 6.45) is 0.760. The lowest BCUT2D eigenvalue weighted by Gasteiger charge is -2.20. The SMILES string of the molecule is COc1cc(SC)ccc1C(=O)O[C@@H](C(=O)NC(N)=O)C(C)C. The van der Waals surface area contributed by atoms with Gasteiger partial charge in [-0.05, 0) is 30.4 Å². The molecule has 0 aliphatic heterocycles. The van der Waals surface area contributed by atoms with Crippen molar-refractivity contribution in [1.82, 2.24) is 5.32 Å². The highest BCUT2D eigenvalue weighted by molar-refractivity contribution is 7.98. The number of esters is 1. The third-order valence-electron chi connectivity index (χ3n) is 2.97. The Labute approximate surface area is 138 Å². The summed E-state index contributed by atoms with van der Waals surface area (Å²) >= 11 is 1.50. The van der Waals surface area contributed by atoms with Crippen molar-refractivity contribution in [3.8, 4) is 5.75 Å². The zero-order valence-electron chi connectivity index (χ0n) is 13.4. The lowest BCUT2D eigenvalue weighted by atomic mass is 10.1. The number of amides is 3. The smallest absolute Gasteiger partial charge is 0.342 e. The zero-order chi connectivity index (χ0) is 17.6. The molecule has 0 aliphatic rings. The molecule has 0 unspecified atom stereocenters. The Kier molecular flexibility index (Phi) is 6.89. The number of primary amides is 1. The van der Waals surface area contributed by atoms with Crippen LogP contribution in [0.15, 0.2) is 23.1 Å². The van der Waals surface area contributed by atoms with Crippen molar-refractivity contribution in [2.45, 2.75) is 24.8 Å². The van der Waals surface area contributed by atoms with Crippen molar-refractivity contribution >= 4 is 29.7 Å². The van der Waals surface area contributed by atoms with Crippen molar-refractivity contribution in [3.05, 3.63) is 23.8 Å². The van der Waals surface area contributed by atoms with Crippen molar-refractivity contribution in [1.29, 1.82) is 0 Å². The van der Waals surface area contributed by atoms with E-state index in [2.05, 4.69) is 0 Å². The number of rotatable bonds is 6. The molecule has 0 spiro atoms. The number of hydrogen-bond acceptors (Lipinski definition) is 6. The van der Waals surface area contributed by atoms with E-state index in [1.54, 1.807) is 32.0 Å². The molecule has 0 bridgehead atoms. The Hall–Kier alpha value is -2.22. The summed E-state index contributed by atoms with van der Waals surface area (Å²) in [4.78, 5) is 35.9. The molecule has 3 N–H and O–H groups in total. The highest BCUT2D eigenvalue weighted by Gasteiger charge is 2.29. The number of imide groups is 1. The number of urea groups is 1. The monoisotopic (exact) mass is 340 g/mol. The number of methoxy groups -OCH3 is 1. The third-order valence-corrected chi connectivity index (χ3v) is 3.70. The number of nitrogens with one attached hydrogen (secondary N) is 1. The summed E-state index contributed by atoms with van der Waals surface area (Å²) in [6.45, 7) is 3.37. The van der Waals surface area contributed by atoms with Gasteiger partial charge in [-0.25, -0.2) is 9.59 Å². The molecule has 1 aromatic carbocycles. The maximum Gasteiger partial charge on any atom is 0.342 e. The number of hydrogen-bond donors (Lipinski definition) is 2. The average Bonchev–Trinajstić information content (AvgIpc) is 2.50. The van der Waals surface area contributed by atoms with Gasteiger partial charge in [0.25, 0.3) is 5.91 Å². The largest absolute Gasteiger partial charge is 0.496 e. The van der Waals surface area contributed by atoms with Crippen LogP contribution in [0.25, 0.3) is 0 Å². The molecule has 7 nitrogen and oxygen atoms in total. The van der Waals surface area contributed by atoms with Crippen molar-refractivity contribution < 1.29 is 23.9 Å². The number of carbonyl (C=O) groups is 3. The van der Waals surface area contributed by atoms with E-state index >= 15 is 0 Å². The normalized spacial score (nSPS) is 11.7. The summed E-state index contributed by atoms with van der Waals surface area (Å²) in [5, 5.41) is 1.92.